The fraction of sp³-hybridized carbons (Fsp3) is 0.611. The van der Waals surface area contributed by atoms with Gasteiger partial charge in [0.05, 0.1) is 38.9 Å². The summed E-state index contributed by atoms with van der Waals surface area (Å²) in [6.45, 7) is 7.68. The Morgan fingerprint density at radius 1 is 1.46 bits per heavy atom. The maximum Gasteiger partial charge on any atom is 0.269 e. The first-order valence-corrected chi connectivity index (χ1v) is 10.8. The summed E-state index contributed by atoms with van der Waals surface area (Å²) in [5.74, 6) is -0.454. The van der Waals surface area contributed by atoms with Gasteiger partial charge in [0.25, 0.3) is 5.69 Å². The highest BCUT2D eigenvalue weighted by molar-refractivity contribution is 8.01. The van der Waals surface area contributed by atoms with E-state index in [4.69, 9.17) is 4.74 Å². The van der Waals surface area contributed by atoms with E-state index in [0.717, 1.165) is 18.2 Å². The molecule has 0 spiro atoms. The largest absolute Gasteiger partial charge is 0.379 e. The second-order valence-corrected chi connectivity index (χ2v) is 11.3. The van der Waals surface area contributed by atoms with E-state index in [0.29, 0.717) is 13.0 Å². The third-order valence-electron chi connectivity index (χ3n) is 4.46. The van der Waals surface area contributed by atoms with Gasteiger partial charge in [0.15, 0.2) is 0 Å². The zero-order valence-electron chi connectivity index (χ0n) is 16.3. The molecule has 1 fully saturated rings. The summed E-state index contributed by atoms with van der Waals surface area (Å²) in [5, 5.41) is 20.7. The summed E-state index contributed by atoms with van der Waals surface area (Å²) < 4.78 is 34.4. The van der Waals surface area contributed by atoms with Crippen molar-refractivity contribution in [2.45, 2.75) is 49.1 Å². The van der Waals surface area contributed by atoms with Crippen molar-refractivity contribution in [3.8, 4) is 6.07 Å². The van der Waals surface area contributed by atoms with E-state index in [-0.39, 0.29) is 23.6 Å². The molecule has 154 valence electrons. The summed E-state index contributed by atoms with van der Waals surface area (Å²) in [5.41, 5.74) is -1.42. The molecule has 1 unspecified atom stereocenters. The lowest BCUT2D eigenvalue weighted by atomic mass is 9.94. The van der Waals surface area contributed by atoms with Crippen molar-refractivity contribution < 1.29 is 18.3 Å². The van der Waals surface area contributed by atoms with E-state index in [2.05, 4.69) is 10.8 Å². The lowest BCUT2D eigenvalue weighted by molar-refractivity contribution is -0.385. The number of hydrogen-bond acceptors (Lipinski definition) is 6. The number of nitriles is 1. The Morgan fingerprint density at radius 3 is 2.64 bits per heavy atom. The van der Waals surface area contributed by atoms with Crippen molar-refractivity contribution in [3.63, 3.8) is 0 Å². The lowest BCUT2D eigenvalue weighted by Crippen LogP contribution is -2.49. The second kappa shape index (κ2) is 8.45. The second-order valence-electron chi connectivity index (χ2n) is 7.93. The molecule has 1 aliphatic heterocycles. The van der Waals surface area contributed by atoms with Crippen LogP contribution in [0.5, 0.6) is 0 Å². The molecular formula is C18H24FN3O4S2. The van der Waals surface area contributed by atoms with Gasteiger partial charge in [0.1, 0.15) is 10.6 Å². The Bertz CT molecular complexity index is 816. The number of halogens is 1. The zero-order chi connectivity index (χ0) is 21.2. The highest BCUT2D eigenvalue weighted by Gasteiger charge is 2.41. The highest BCUT2D eigenvalue weighted by Crippen LogP contribution is 2.39. The summed E-state index contributed by atoms with van der Waals surface area (Å²) in [6, 6.07) is 5.55. The number of nitrogens with one attached hydrogen (secondary N) is 1. The summed E-state index contributed by atoms with van der Waals surface area (Å²) in [7, 11) is -1.57. The molecule has 1 aliphatic rings. The van der Waals surface area contributed by atoms with Crippen LogP contribution in [0.3, 0.4) is 0 Å². The zero-order valence-corrected chi connectivity index (χ0v) is 17.9. The first-order chi connectivity index (χ1) is 12.9. The predicted molar refractivity (Wildman–Crippen MR) is 108 cm³/mol. The van der Waals surface area contributed by atoms with Gasteiger partial charge in [-0.15, -0.1) is 11.8 Å². The van der Waals surface area contributed by atoms with Crippen LogP contribution in [0, 0.1) is 27.3 Å². The monoisotopic (exact) mass is 429 g/mol. The number of thioether (sulfide) groups is 1. The van der Waals surface area contributed by atoms with Gasteiger partial charge in [-0.05, 0) is 33.8 Å². The number of rotatable bonds is 7. The van der Waals surface area contributed by atoms with Crippen LogP contribution in [0.1, 0.15) is 39.7 Å². The number of non-ortho nitro benzene ring substituents is 1. The van der Waals surface area contributed by atoms with Gasteiger partial charge in [-0.3, -0.25) is 10.1 Å². The van der Waals surface area contributed by atoms with Crippen molar-refractivity contribution in [3.05, 3.63) is 39.7 Å². The molecule has 2 rings (SSSR count). The van der Waals surface area contributed by atoms with Crippen LogP contribution in [0.2, 0.25) is 0 Å². The third kappa shape index (κ3) is 5.08. The van der Waals surface area contributed by atoms with Crippen LogP contribution in [0.4, 0.5) is 10.1 Å². The van der Waals surface area contributed by atoms with E-state index in [1.165, 1.54) is 11.8 Å². The molecule has 0 radical (unpaired) electrons. The highest BCUT2D eigenvalue weighted by atomic mass is 32.2. The van der Waals surface area contributed by atoms with Gasteiger partial charge in [0, 0.05) is 36.5 Å². The Kier molecular flexibility index (Phi) is 6.86. The van der Waals surface area contributed by atoms with Gasteiger partial charge in [0.2, 0.25) is 0 Å². The third-order valence-corrected chi connectivity index (χ3v) is 7.89. The molecule has 7 nitrogen and oxygen atoms in total. The van der Waals surface area contributed by atoms with Crippen LogP contribution in [0.25, 0.3) is 0 Å². The summed E-state index contributed by atoms with van der Waals surface area (Å²) in [4.78, 5) is 10.6. The van der Waals surface area contributed by atoms with Crippen LogP contribution < -0.4 is 4.72 Å². The first-order valence-electron chi connectivity index (χ1n) is 8.70. The number of nitro benzene ring substituents is 1. The molecule has 1 aromatic rings. The average molecular weight is 430 g/mol. The SMILES string of the molecule is CC(C)(C)S(=O)N[C@@](C)(CS[C@]1(C#N)CCOC1)c1cc([N+](=O)[O-])ccc1F. The molecule has 0 bridgehead atoms. The van der Waals surface area contributed by atoms with Gasteiger partial charge < -0.3 is 4.74 Å². The maximum absolute atomic E-state index is 14.7. The van der Waals surface area contributed by atoms with Crippen molar-refractivity contribution >= 4 is 28.4 Å². The summed E-state index contributed by atoms with van der Waals surface area (Å²) >= 11 is 1.29. The fourth-order valence-electron chi connectivity index (χ4n) is 2.63. The molecule has 1 aromatic carbocycles. The minimum Gasteiger partial charge on any atom is -0.379 e. The van der Waals surface area contributed by atoms with Crippen LogP contribution in [-0.4, -0.2) is 37.6 Å². The Hall–Kier alpha value is -1.54. The van der Waals surface area contributed by atoms with Crippen molar-refractivity contribution in [2.24, 2.45) is 0 Å². The predicted octanol–water partition coefficient (Wildman–Crippen LogP) is 3.42. The minimum atomic E-state index is -1.57. The van der Waals surface area contributed by atoms with Crippen molar-refractivity contribution in [1.82, 2.24) is 4.72 Å². The van der Waals surface area contributed by atoms with E-state index in [1.54, 1.807) is 27.7 Å². The molecular weight excluding hydrogens is 405 g/mol. The standard InChI is InChI=1S/C18H24FN3O4S2/c1-16(2,3)28(25)21-17(4,12-27-18(10-20)7-8-26-11-18)14-9-13(22(23)24)5-6-15(14)19/h5-6,9,21H,7-8,11-12H2,1-4H3/t17-,18-,28?/m0/s1. The van der Waals surface area contributed by atoms with Crippen molar-refractivity contribution in [2.75, 3.05) is 19.0 Å². The Labute approximate surface area is 170 Å². The molecule has 0 aromatic heterocycles. The molecule has 1 saturated heterocycles. The normalized spacial score (nSPS) is 23.0. The molecule has 3 atom stereocenters. The molecule has 1 N–H and O–H groups in total. The van der Waals surface area contributed by atoms with Crippen molar-refractivity contribution in [1.29, 1.82) is 5.26 Å². The molecule has 0 aliphatic carbocycles. The molecule has 0 amide bonds. The average Bonchev–Trinajstić information content (AvgIpc) is 3.09. The number of nitrogens with zero attached hydrogens (tertiary/aromatic N) is 2. The molecule has 1 heterocycles. The topological polar surface area (TPSA) is 105 Å². The molecule has 28 heavy (non-hydrogen) atoms. The summed E-state index contributed by atoms with van der Waals surface area (Å²) in [6.07, 6.45) is 0.532. The number of ether oxygens (including phenoxy) is 1. The lowest BCUT2D eigenvalue weighted by Gasteiger charge is -2.35. The maximum atomic E-state index is 14.7. The minimum absolute atomic E-state index is 0.0406. The van der Waals surface area contributed by atoms with E-state index >= 15 is 0 Å². The van der Waals surface area contributed by atoms with Gasteiger partial charge in [-0.1, -0.05) is 0 Å². The van der Waals surface area contributed by atoms with Gasteiger partial charge in [-0.2, -0.15) is 5.26 Å². The van der Waals surface area contributed by atoms with Crippen LogP contribution in [-0.2, 0) is 21.3 Å². The van der Waals surface area contributed by atoms with Crippen LogP contribution in [0.15, 0.2) is 18.2 Å². The van der Waals surface area contributed by atoms with Gasteiger partial charge in [-0.25, -0.2) is 13.3 Å². The fourth-order valence-corrected chi connectivity index (χ4v) is 4.87. The molecule has 0 saturated carbocycles. The Morgan fingerprint density at radius 2 is 2.14 bits per heavy atom. The number of benzene rings is 1. The van der Waals surface area contributed by atoms with Crippen LogP contribution >= 0.6 is 11.8 Å². The van der Waals surface area contributed by atoms with Gasteiger partial charge >= 0.3 is 0 Å². The Balaban J connectivity index is 2.44. The van der Waals surface area contributed by atoms with E-state index < -0.39 is 36.8 Å². The smallest absolute Gasteiger partial charge is 0.269 e. The first kappa shape index (κ1) is 22.7. The number of hydrogen-bond donors (Lipinski definition) is 1. The quantitative estimate of drug-likeness (QED) is 0.526. The van der Waals surface area contributed by atoms with E-state index in [1.807, 2.05) is 0 Å². The number of nitro groups is 1. The van der Waals surface area contributed by atoms with E-state index in [9.17, 15) is 24.0 Å². The molecule has 10 heteroatoms.